The van der Waals surface area contributed by atoms with E-state index in [2.05, 4.69) is 23.1 Å². The fraction of sp³-hybridized carbons (Fsp3) is 0.350. The van der Waals surface area contributed by atoms with Crippen molar-refractivity contribution in [1.29, 1.82) is 0 Å². The first kappa shape index (κ1) is 16.7. The van der Waals surface area contributed by atoms with E-state index in [9.17, 15) is 9.18 Å². The van der Waals surface area contributed by atoms with Crippen LogP contribution in [-0.4, -0.2) is 29.9 Å². The summed E-state index contributed by atoms with van der Waals surface area (Å²) in [5.74, 6) is -0.111. The first-order chi connectivity index (χ1) is 11.5. The summed E-state index contributed by atoms with van der Waals surface area (Å²) in [4.78, 5) is 16.9. The summed E-state index contributed by atoms with van der Waals surface area (Å²) >= 11 is 0. The van der Waals surface area contributed by atoms with Crippen molar-refractivity contribution < 1.29 is 9.18 Å². The molecule has 0 N–H and O–H groups in total. The molecule has 3 rings (SSSR count). The summed E-state index contributed by atoms with van der Waals surface area (Å²) in [5, 5.41) is 0. The molecule has 0 radical (unpaired) electrons. The summed E-state index contributed by atoms with van der Waals surface area (Å²) in [7, 11) is 0. The lowest BCUT2D eigenvalue weighted by Gasteiger charge is -2.39. The van der Waals surface area contributed by atoms with Gasteiger partial charge in [0, 0.05) is 25.3 Å². The molecule has 0 spiro atoms. The zero-order valence-electron chi connectivity index (χ0n) is 14.4. The number of piperazine rings is 1. The molecule has 1 amide bonds. The molecule has 1 aliphatic rings. The number of anilines is 1. The Morgan fingerprint density at radius 1 is 1.08 bits per heavy atom. The van der Waals surface area contributed by atoms with Crippen molar-refractivity contribution in [1.82, 2.24) is 4.90 Å². The number of nitrogens with zero attached hydrogens (tertiary/aromatic N) is 2. The molecule has 2 aromatic rings. The predicted molar refractivity (Wildman–Crippen MR) is 94.5 cm³/mol. The number of hydrogen-bond acceptors (Lipinski definition) is 2. The lowest BCUT2D eigenvalue weighted by atomic mass is 10.1. The van der Waals surface area contributed by atoms with Gasteiger partial charge in [-0.1, -0.05) is 24.3 Å². The average Bonchev–Trinajstić information content (AvgIpc) is 2.57. The average molecular weight is 326 g/mol. The molecule has 0 aromatic heterocycles. The van der Waals surface area contributed by atoms with Crippen LogP contribution in [0, 0.1) is 19.7 Å². The van der Waals surface area contributed by atoms with Gasteiger partial charge in [0.25, 0.3) is 0 Å². The van der Waals surface area contributed by atoms with Crippen molar-refractivity contribution >= 4 is 11.6 Å². The third-order valence-corrected chi connectivity index (χ3v) is 4.74. The SMILES string of the molecule is Cc1ccc(C)c(N2CCN(Cc3ccc(F)cc3)C(C)C2=O)c1. The Balaban J connectivity index is 1.76. The highest BCUT2D eigenvalue weighted by Crippen LogP contribution is 2.26. The second-order valence-electron chi connectivity index (χ2n) is 6.55. The Morgan fingerprint density at radius 3 is 2.50 bits per heavy atom. The maximum atomic E-state index is 13.0. The molecule has 3 nitrogen and oxygen atoms in total. The van der Waals surface area contributed by atoms with Crippen molar-refractivity contribution in [2.45, 2.75) is 33.4 Å². The van der Waals surface area contributed by atoms with Crippen molar-refractivity contribution in [3.8, 4) is 0 Å². The van der Waals surface area contributed by atoms with E-state index in [1.807, 2.05) is 25.7 Å². The van der Waals surface area contributed by atoms with E-state index in [0.29, 0.717) is 13.1 Å². The Hall–Kier alpha value is -2.20. The van der Waals surface area contributed by atoms with Crippen LogP contribution >= 0.6 is 0 Å². The van der Waals surface area contributed by atoms with Gasteiger partial charge in [0.2, 0.25) is 5.91 Å². The minimum Gasteiger partial charge on any atom is -0.310 e. The van der Waals surface area contributed by atoms with E-state index < -0.39 is 0 Å². The van der Waals surface area contributed by atoms with Gasteiger partial charge in [-0.2, -0.15) is 0 Å². The first-order valence-electron chi connectivity index (χ1n) is 8.33. The molecule has 1 fully saturated rings. The Labute approximate surface area is 142 Å². The molecule has 2 aromatic carbocycles. The summed E-state index contributed by atoms with van der Waals surface area (Å²) < 4.78 is 13.0. The van der Waals surface area contributed by atoms with E-state index in [-0.39, 0.29) is 17.8 Å². The highest BCUT2D eigenvalue weighted by atomic mass is 19.1. The number of hydrogen-bond donors (Lipinski definition) is 0. The smallest absolute Gasteiger partial charge is 0.244 e. The van der Waals surface area contributed by atoms with E-state index in [4.69, 9.17) is 0 Å². The second kappa shape index (κ2) is 6.73. The van der Waals surface area contributed by atoms with Gasteiger partial charge >= 0.3 is 0 Å². The molecule has 1 saturated heterocycles. The van der Waals surface area contributed by atoms with Crippen LogP contribution in [0.1, 0.15) is 23.6 Å². The van der Waals surface area contributed by atoms with Crippen molar-refractivity contribution in [2.75, 3.05) is 18.0 Å². The number of halogens is 1. The summed E-state index contributed by atoms with van der Waals surface area (Å²) in [6, 6.07) is 12.5. The standard InChI is InChI=1S/C20H23FN2O/c1-14-4-5-15(2)19(12-14)23-11-10-22(16(3)20(23)24)13-17-6-8-18(21)9-7-17/h4-9,12,16H,10-11,13H2,1-3H3. The number of aryl methyl sites for hydroxylation is 2. The maximum absolute atomic E-state index is 13.0. The van der Waals surface area contributed by atoms with Crippen molar-refractivity contribution in [3.63, 3.8) is 0 Å². The minimum absolute atomic E-state index is 0.122. The van der Waals surface area contributed by atoms with Crippen LogP contribution in [0.4, 0.5) is 10.1 Å². The first-order valence-corrected chi connectivity index (χ1v) is 8.33. The van der Waals surface area contributed by atoms with E-state index in [0.717, 1.165) is 28.9 Å². The predicted octanol–water partition coefficient (Wildman–Crippen LogP) is 3.68. The molecule has 1 unspecified atom stereocenters. The van der Waals surface area contributed by atoms with E-state index in [1.54, 1.807) is 12.1 Å². The van der Waals surface area contributed by atoms with Crippen LogP contribution in [0.15, 0.2) is 42.5 Å². The largest absolute Gasteiger partial charge is 0.310 e. The molecular weight excluding hydrogens is 303 g/mol. The van der Waals surface area contributed by atoms with Gasteiger partial charge in [-0.3, -0.25) is 9.69 Å². The third kappa shape index (κ3) is 3.34. The summed E-state index contributed by atoms with van der Waals surface area (Å²) in [5.41, 5.74) is 4.31. The topological polar surface area (TPSA) is 23.6 Å². The van der Waals surface area contributed by atoms with E-state index >= 15 is 0 Å². The van der Waals surface area contributed by atoms with E-state index in [1.165, 1.54) is 12.1 Å². The Bertz CT molecular complexity index is 742. The van der Waals surface area contributed by atoms with Crippen LogP contribution in [0.3, 0.4) is 0 Å². The maximum Gasteiger partial charge on any atom is 0.244 e. The van der Waals surface area contributed by atoms with Gasteiger partial charge in [0.1, 0.15) is 5.82 Å². The van der Waals surface area contributed by atoms with Gasteiger partial charge in [-0.15, -0.1) is 0 Å². The summed E-state index contributed by atoms with van der Waals surface area (Å²) in [6.45, 7) is 8.17. The lowest BCUT2D eigenvalue weighted by Crippen LogP contribution is -2.55. The van der Waals surface area contributed by atoms with Crippen molar-refractivity contribution in [2.24, 2.45) is 0 Å². The van der Waals surface area contributed by atoms with Gasteiger partial charge in [-0.25, -0.2) is 4.39 Å². The molecule has 1 heterocycles. The lowest BCUT2D eigenvalue weighted by molar-refractivity contribution is -0.125. The molecule has 1 atom stereocenters. The third-order valence-electron chi connectivity index (χ3n) is 4.74. The normalized spacial score (nSPS) is 18.9. The van der Waals surface area contributed by atoms with Gasteiger partial charge < -0.3 is 4.90 Å². The minimum atomic E-state index is -0.234. The van der Waals surface area contributed by atoms with Crippen molar-refractivity contribution in [3.05, 3.63) is 65.0 Å². The molecule has 1 aliphatic heterocycles. The number of rotatable bonds is 3. The zero-order chi connectivity index (χ0) is 17.3. The highest BCUT2D eigenvalue weighted by Gasteiger charge is 2.32. The fourth-order valence-electron chi connectivity index (χ4n) is 3.20. The Morgan fingerprint density at radius 2 is 1.79 bits per heavy atom. The number of benzene rings is 2. The van der Waals surface area contributed by atoms with Crippen LogP contribution in [0.2, 0.25) is 0 Å². The van der Waals surface area contributed by atoms with Crippen LogP contribution < -0.4 is 4.90 Å². The number of carbonyl (C=O) groups is 1. The molecule has 0 bridgehead atoms. The monoisotopic (exact) mass is 326 g/mol. The number of amides is 1. The molecular formula is C20H23FN2O. The number of carbonyl (C=O) groups excluding carboxylic acids is 1. The molecule has 4 heteroatoms. The quantitative estimate of drug-likeness (QED) is 0.859. The van der Waals surface area contributed by atoms with Gasteiger partial charge in [0.05, 0.1) is 6.04 Å². The highest BCUT2D eigenvalue weighted by molar-refractivity contribution is 5.98. The van der Waals surface area contributed by atoms with Gasteiger partial charge in [0.15, 0.2) is 0 Å². The van der Waals surface area contributed by atoms with Crippen LogP contribution in [-0.2, 0) is 11.3 Å². The van der Waals surface area contributed by atoms with Gasteiger partial charge in [-0.05, 0) is 55.7 Å². The van der Waals surface area contributed by atoms with Crippen LogP contribution in [0.5, 0.6) is 0 Å². The van der Waals surface area contributed by atoms with Crippen LogP contribution in [0.25, 0.3) is 0 Å². The second-order valence-corrected chi connectivity index (χ2v) is 6.55. The molecule has 0 saturated carbocycles. The molecule has 0 aliphatic carbocycles. The molecule has 126 valence electrons. The zero-order valence-corrected chi connectivity index (χ0v) is 14.4. The fourth-order valence-corrected chi connectivity index (χ4v) is 3.20. The Kier molecular flexibility index (Phi) is 4.67. The summed E-state index contributed by atoms with van der Waals surface area (Å²) in [6.07, 6.45) is 0. The molecule has 24 heavy (non-hydrogen) atoms.